The van der Waals surface area contributed by atoms with Crippen LogP contribution in [0.4, 0.5) is 0 Å². The summed E-state index contributed by atoms with van der Waals surface area (Å²) in [7, 11) is -3.78. The fourth-order valence-corrected chi connectivity index (χ4v) is 4.00. The summed E-state index contributed by atoms with van der Waals surface area (Å²) in [6.07, 6.45) is 0.415. The molecule has 0 heterocycles. The Morgan fingerprint density at radius 1 is 0.963 bits per heavy atom. The second-order valence-electron chi connectivity index (χ2n) is 7.26. The Morgan fingerprint density at radius 3 is 2.11 bits per heavy atom. The summed E-state index contributed by atoms with van der Waals surface area (Å²) in [6.45, 7) is 7.69. The van der Waals surface area contributed by atoms with Crippen LogP contribution < -0.4 is 10.0 Å². The van der Waals surface area contributed by atoms with Gasteiger partial charge in [0.2, 0.25) is 15.9 Å². The molecule has 2 unspecified atom stereocenters. The highest BCUT2D eigenvalue weighted by molar-refractivity contribution is 7.89. The van der Waals surface area contributed by atoms with Crippen molar-refractivity contribution in [1.29, 1.82) is 0 Å². The Morgan fingerprint density at radius 2 is 1.56 bits per heavy atom. The van der Waals surface area contributed by atoms with Crippen LogP contribution in [0, 0.1) is 12.8 Å². The molecule has 2 atom stereocenters. The molecule has 6 heteroatoms. The Bertz CT molecular complexity index is 847. The quantitative estimate of drug-likeness (QED) is 0.726. The normalized spacial score (nSPS) is 14.0. The lowest BCUT2D eigenvalue weighted by atomic mass is 10.0. The molecule has 1 amide bonds. The predicted molar refractivity (Wildman–Crippen MR) is 108 cm³/mol. The monoisotopic (exact) mass is 388 g/mol. The van der Waals surface area contributed by atoms with Crippen molar-refractivity contribution in [3.05, 3.63) is 65.7 Å². The van der Waals surface area contributed by atoms with Crippen LogP contribution in [-0.4, -0.2) is 20.4 Å². The minimum absolute atomic E-state index is 0.158. The lowest BCUT2D eigenvalue weighted by Crippen LogP contribution is -2.47. The molecular weight excluding hydrogens is 360 g/mol. The van der Waals surface area contributed by atoms with Gasteiger partial charge in [-0.05, 0) is 43.9 Å². The molecule has 0 aliphatic carbocycles. The highest BCUT2D eigenvalue weighted by Gasteiger charge is 2.27. The van der Waals surface area contributed by atoms with E-state index in [2.05, 4.69) is 10.0 Å². The summed E-state index contributed by atoms with van der Waals surface area (Å²) in [6, 6.07) is 15.1. The molecule has 0 aliphatic rings. The van der Waals surface area contributed by atoms with Crippen molar-refractivity contribution in [3.63, 3.8) is 0 Å². The van der Waals surface area contributed by atoms with Crippen molar-refractivity contribution in [2.75, 3.05) is 0 Å². The van der Waals surface area contributed by atoms with E-state index in [0.29, 0.717) is 6.42 Å². The van der Waals surface area contributed by atoms with Gasteiger partial charge in [0.25, 0.3) is 0 Å². The van der Waals surface area contributed by atoms with Crippen molar-refractivity contribution >= 4 is 15.9 Å². The fraction of sp³-hybridized carbons (Fsp3) is 0.381. The maximum Gasteiger partial charge on any atom is 0.241 e. The molecular formula is C21H28N2O3S. The van der Waals surface area contributed by atoms with E-state index in [1.165, 1.54) is 0 Å². The Kier molecular flexibility index (Phi) is 7.16. The number of benzene rings is 2. The molecule has 2 aromatic rings. The number of carbonyl (C=O) groups excluding carboxylic acids is 1. The third-order valence-corrected chi connectivity index (χ3v) is 5.80. The van der Waals surface area contributed by atoms with Gasteiger partial charge in [0, 0.05) is 0 Å². The zero-order chi connectivity index (χ0) is 20.0. The molecule has 2 N–H and O–H groups in total. The minimum Gasteiger partial charge on any atom is -0.348 e. The molecule has 2 rings (SSSR count). The maximum atomic E-state index is 12.8. The average molecular weight is 389 g/mol. The standard InChI is InChI=1S/C21H28N2O3S/c1-15(2)14-20(21(24)22-17(4)18-8-6-5-7-9-18)23-27(25,26)19-12-10-16(3)11-13-19/h5-13,15,17,20,23H,14H2,1-4H3,(H,22,24). The van der Waals surface area contributed by atoms with Crippen molar-refractivity contribution in [3.8, 4) is 0 Å². The number of hydrogen-bond acceptors (Lipinski definition) is 3. The van der Waals surface area contributed by atoms with Crippen LogP contribution in [0.1, 0.15) is 44.4 Å². The second kappa shape index (κ2) is 9.15. The van der Waals surface area contributed by atoms with Crippen LogP contribution in [0.2, 0.25) is 0 Å². The summed E-state index contributed by atoms with van der Waals surface area (Å²) >= 11 is 0. The molecule has 0 radical (unpaired) electrons. The highest BCUT2D eigenvalue weighted by atomic mass is 32.2. The molecule has 27 heavy (non-hydrogen) atoms. The van der Waals surface area contributed by atoms with Crippen LogP contribution in [0.5, 0.6) is 0 Å². The first-order valence-corrected chi connectivity index (χ1v) is 10.6. The molecule has 5 nitrogen and oxygen atoms in total. The van der Waals surface area contributed by atoms with E-state index in [9.17, 15) is 13.2 Å². The van der Waals surface area contributed by atoms with E-state index in [4.69, 9.17) is 0 Å². The summed E-state index contributed by atoms with van der Waals surface area (Å²) in [4.78, 5) is 12.9. The summed E-state index contributed by atoms with van der Waals surface area (Å²) in [5, 5.41) is 2.92. The smallest absolute Gasteiger partial charge is 0.241 e. The molecule has 0 saturated heterocycles. The first kappa shape index (κ1) is 21.1. The molecule has 2 aromatic carbocycles. The van der Waals surface area contributed by atoms with Gasteiger partial charge in [-0.2, -0.15) is 4.72 Å². The first-order valence-electron chi connectivity index (χ1n) is 9.13. The van der Waals surface area contributed by atoms with Gasteiger partial charge in [0.1, 0.15) is 6.04 Å². The van der Waals surface area contributed by atoms with E-state index < -0.39 is 16.1 Å². The number of aryl methyl sites for hydroxylation is 1. The Balaban J connectivity index is 2.16. The zero-order valence-corrected chi connectivity index (χ0v) is 17.1. The van der Waals surface area contributed by atoms with Gasteiger partial charge in [-0.25, -0.2) is 8.42 Å². The molecule has 0 aromatic heterocycles. The van der Waals surface area contributed by atoms with Crippen molar-refractivity contribution < 1.29 is 13.2 Å². The molecule has 0 saturated carbocycles. The SMILES string of the molecule is Cc1ccc(S(=O)(=O)NC(CC(C)C)C(=O)NC(C)c2ccccc2)cc1. The number of rotatable bonds is 8. The molecule has 0 spiro atoms. The highest BCUT2D eigenvalue weighted by Crippen LogP contribution is 2.16. The number of carbonyl (C=O) groups is 1. The van der Waals surface area contributed by atoms with Crippen LogP contribution in [0.25, 0.3) is 0 Å². The van der Waals surface area contributed by atoms with Crippen molar-refractivity contribution in [1.82, 2.24) is 10.0 Å². The van der Waals surface area contributed by atoms with Crippen molar-refractivity contribution in [2.45, 2.75) is 51.1 Å². The summed E-state index contributed by atoms with van der Waals surface area (Å²) < 4.78 is 28.0. The predicted octanol–water partition coefficient (Wildman–Crippen LogP) is 3.57. The average Bonchev–Trinajstić information content (AvgIpc) is 2.61. The number of hydrogen-bond donors (Lipinski definition) is 2. The number of nitrogens with one attached hydrogen (secondary N) is 2. The van der Waals surface area contributed by atoms with E-state index in [1.807, 2.05) is 58.0 Å². The molecule has 146 valence electrons. The fourth-order valence-electron chi connectivity index (χ4n) is 2.79. The van der Waals surface area contributed by atoms with Crippen LogP contribution in [0.3, 0.4) is 0 Å². The van der Waals surface area contributed by atoms with Gasteiger partial charge in [-0.1, -0.05) is 61.9 Å². The number of amides is 1. The van der Waals surface area contributed by atoms with Gasteiger partial charge in [-0.15, -0.1) is 0 Å². The Hall–Kier alpha value is -2.18. The molecule has 0 bridgehead atoms. The lowest BCUT2D eigenvalue weighted by Gasteiger charge is -2.23. The van der Waals surface area contributed by atoms with Gasteiger partial charge in [0.15, 0.2) is 0 Å². The third-order valence-electron chi connectivity index (χ3n) is 4.31. The van der Waals surface area contributed by atoms with Crippen molar-refractivity contribution in [2.24, 2.45) is 5.92 Å². The van der Waals surface area contributed by atoms with E-state index in [0.717, 1.165) is 11.1 Å². The zero-order valence-electron chi connectivity index (χ0n) is 16.3. The largest absolute Gasteiger partial charge is 0.348 e. The topological polar surface area (TPSA) is 75.3 Å². The molecule has 0 aliphatic heterocycles. The van der Waals surface area contributed by atoms with Gasteiger partial charge < -0.3 is 5.32 Å². The summed E-state index contributed by atoms with van der Waals surface area (Å²) in [5.74, 6) is -0.163. The van der Waals surface area contributed by atoms with Gasteiger partial charge >= 0.3 is 0 Å². The third kappa shape index (κ3) is 6.19. The van der Waals surface area contributed by atoms with Gasteiger partial charge in [-0.3, -0.25) is 4.79 Å². The van der Waals surface area contributed by atoms with Crippen LogP contribution >= 0.6 is 0 Å². The summed E-state index contributed by atoms with van der Waals surface area (Å²) in [5.41, 5.74) is 1.94. The van der Waals surface area contributed by atoms with E-state index in [-0.39, 0.29) is 22.8 Å². The second-order valence-corrected chi connectivity index (χ2v) is 8.97. The van der Waals surface area contributed by atoms with Crippen LogP contribution in [-0.2, 0) is 14.8 Å². The molecule has 0 fully saturated rings. The maximum absolute atomic E-state index is 12.8. The minimum atomic E-state index is -3.78. The van der Waals surface area contributed by atoms with E-state index >= 15 is 0 Å². The Labute approximate surface area is 162 Å². The lowest BCUT2D eigenvalue weighted by molar-refractivity contribution is -0.123. The first-order chi connectivity index (χ1) is 12.7. The van der Waals surface area contributed by atoms with Crippen LogP contribution in [0.15, 0.2) is 59.5 Å². The number of sulfonamides is 1. The van der Waals surface area contributed by atoms with E-state index in [1.54, 1.807) is 24.3 Å². The van der Waals surface area contributed by atoms with Gasteiger partial charge in [0.05, 0.1) is 10.9 Å².